The topological polar surface area (TPSA) is 66.1 Å². The average Bonchev–Trinajstić information content (AvgIpc) is 3.04. The van der Waals surface area contributed by atoms with Gasteiger partial charge in [0.05, 0.1) is 17.3 Å². The summed E-state index contributed by atoms with van der Waals surface area (Å²) in [4.78, 5) is 0.269. The molecular formula is C14H24ClN3O2S. The van der Waals surface area contributed by atoms with Crippen LogP contribution in [0, 0.1) is 12.8 Å². The SMILES string of the molecule is Cc1[nH]nc(CCl)c1S(=O)(=O)N(CC(C)C)C1CCCC1. The van der Waals surface area contributed by atoms with Crippen molar-refractivity contribution in [3.8, 4) is 0 Å². The van der Waals surface area contributed by atoms with E-state index in [1.54, 1.807) is 11.2 Å². The number of aryl methyl sites for hydroxylation is 1. The van der Waals surface area contributed by atoms with Crippen LogP contribution in [-0.4, -0.2) is 35.5 Å². The van der Waals surface area contributed by atoms with E-state index < -0.39 is 10.0 Å². The van der Waals surface area contributed by atoms with Gasteiger partial charge in [-0.3, -0.25) is 5.10 Å². The largest absolute Gasteiger partial charge is 0.281 e. The van der Waals surface area contributed by atoms with E-state index in [2.05, 4.69) is 10.2 Å². The highest BCUT2D eigenvalue weighted by Gasteiger charge is 2.36. The summed E-state index contributed by atoms with van der Waals surface area (Å²) in [7, 11) is -3.55. The first kappa shape index (κ1) is 16.8. The molecule has 21 heavy (non-hydrogen) atoms. The van der Waals surface area contributed by atoms with Crippen molar-refractivity contribution in [3.05, 3.63) is 11.4 Å². The molecule has 1 fully saturated rings. The minimum atomic E-state index is -3.55. The molecule has 1 saturated carbocycles. The van der Waals surface area contributed by atoms with Crippen molar-refractivity contribution >= 4 is 21.6 Å². The van der Waals surface area contributed by atoms with Gasteiger partial charge in [0.15, 0.2) is 0 Å². The fourth-order valence-electron chi connectivity index (χ4n) is 3.02. The molecule has 120 valence electrons. The quantitative estimate of drug-likeness (QED) is 0.814. The summed E-state index contributed by atoms with van der Waals surface area (Å²) < 4.78 is 27.9. The van der Waals surface area contributed by atoms with Gasteiger partial charge in [0.2, 0.25) is 10.0 Å². The summed E-state index contributed by atoms with van der Waals surface area (Å²) in [6, 6.07) is 0.106. The van der Waals surface area contributed by atoms with Crippen molar-refractivity contribution in [2.75, 3.05) is 6.54 Å². The second-order valence-electron chi connectivity index (χ2n) is 6.16. The summed E-state index contributed by atoms with van der Waals surface area (Å²) in [6.45, 7) is 6.36. The number of nitrogens with zero attached hydrogens (tertiary/aromatic N) is 2. The van der Waals surface area contributed by atoms with E-state index in [1.165, 1.54) is 0 Å². The minimum absolute atomic E-state index is 0.0963. The highest BCUT2D eigenvalue weighted by molar-refractivity contribution is 7.89. The lowest BCUT2D eigenvalue weighted by atomic mass is 10.2. The predicted octanol–water partition coefficient (Wildman–Crippen LogP) is 3.05. The number of rotatable bonds is 6. The van der Waals surface area contributed by atoms with Crippen LogP contribution < -0.4 is 0 Å². The first-order chi connectivity index (χ1) is 9.87. The maximum Gasteiger partial charge on any atom is 0.247 e. The molecule has 1 aliphatic carbocycles. The van der Waals surface area contributed by atoms with E-state index in [0.717, 1.165) is 25.7 Å². The normalized spacial score (nSPS) is 17.2. The molecule has 1 aromatic heterocycles. The lowest BCUT2D eigenvalue weighted by Crippen LogP contribution is -2.41. The van der Waals surface area contributed by atoms with Gasteiger partial charge in [-0.25, -0.2) is 8.42 Å². The number of hydrogen-bond acceptors (Lipinski definition) is 3. The molecule has 0 aliphatic heterocycles. The van der Waals surface area contributed by atoms with Crippen molar-refractivity contribution in [2.24, 2.45) is 5.92 Å². The molecule has 7 heteroatoms. The third-order valence-electron chi connectivity index (χ3n) is 3.93. The number of hydrogen-bond donors (Lipinski definition) is 1. The average molecular weight is 334 g/mol. The fraction of sp³-hybridized carbons (Fsp3) is 0.786. The fourth-order valence-corrected chi connectivity index (χ4v) is 5.47. The van der Waals surface area contributed by atoms with Gasteiger partial charge in [-0.1, -0.05) is 26.7 Å². The summed E-state index contributed by atoms with van der Waals surface area (Å²) >= 11 is 5.86. The van der Waals surface area contributed by atoms with E-state index >= 15 is 0 Å². The number of aromatic amines is 1. The zero-order chi connectivity index (χ0) is 15.6. The Hall–Kier alpha value is -0.590. The number of sulfonamides is 1. The third-order valence-corrected chi connectivity index (χ3v) is 6.31. The lowest BCUT2D eigenvalue weighted by Gasteiger charge is -2.29. The third kappa shape index (κ3) is 3.43. The number of H-pyrrole nitrogens is 1. The maximum atomic E-state index is 13.1. The maximum absolute atomic E-state index is 13.1. The summed E-state index contributed by atoms with van der Waals surface area (Å²) in [5.74, 6) is 0.381. The molecule has 0 atom stereocenters. The molecular weight excluding hydrogens is 310 g/mol. The molecule has 1 N–H and O–H groups in total. The first-order valence-electron chi connectivity index (χ1n) is 7.49. The van der Waals surface area contributed by atoms with E-state index in [9.17, 15) is 8.42 Å². The summed E-state index contributed by atoms with van der Waals surface area (Å²) in [5, 5.41) is 6.78. The van der Waals surface area contributed by atoms with Gasteiger partial charge in [-0.05, 0) is 25.7 Å². The van der Waals surface area contributed by atoms with E-state index in [1.807, 2.05) is 13.8 Å². The van der Waals surface area contributed by atoms with Crippen molar-refractivity contribution in [3.63, 3.8) is 0 Å². The lowest BCUT2D eigenvalue weighted by molar-refractivity contribution is 0.292. The van der Waals surface area contributed by atoms with Crippen LogP contribution >= 0.6 is 11.6 Å². The predicted molar refractivity (Wildman–Crippen MR) is 83.9 cm³/mol. The van der Waals surface area contributed by atoms with Crippen LogP contribution in [0.5, 0.6) is 0 Å². The van der Waals surface area contributed by atoms with Crippen LogP contribution in [-0.2, 0) is 15.9 Å². The Morgan fingerprint density at radius 1 is 1.38 bits per heavy atom. The standard InChI is InChI=1S/C14H24ClN3O2S/c1-10(2)9-18(12-6-4-5-7-12)21(19,20)14-11(3)16-17-13(14)8-15/h10,12H,4-9H2,1-3H3,(H,16,17). The molecule has 0 bridgehead atoms. The van der Waals surface area contributed by atoms with Crippen LogP contribution in [0.25, 0.3) is 0 Å². The van der Waals surface area contributed by atoms with Crippen LogP contribution in [0.15, 0.2) is 4.90 Å². The zero-order valence-corrected chi connectivity index (χ0v) is 14.5. The Kier molecular flexibility index (Phi) is 5.33. The Morgan fingerprint density at radius 3 is 2.52 bits per heavy atom. The van der Waals surface area contributed by atoms with E-state index in [-0.39, 0.29) is 22.7 Å². The van der Waals surface area contributed by atoms with Crippen LogP contribution in [0.3, 0.4) is 0 Å². The van der Waals surface area contributed by atoms with Gasteiger partial charge in [0.1, 0.15) is 4.90 Å². The number of nitrogens with one attached hydrogen (secondary N) is 1. The highest BCUT2D eigenvalue weighted by Crippen LogP contribution is 2.31. The van der Waals surface area contributed by atoms with Crippen molar-refractivity contribution in [1.29, 1.82) is 0 Å². The number of alkyl halides is 1. The van der Waals surface area contributed by atoms with Crippen molar-refractivity contribution in [1.82, 2.24) is 14.5 Å². The van der Waals surface area contributed by atoms with Gasteiger partial charge in [0, 0.05) is 12.6 Å². The molecule has 0 aromatic carbocycles. The molecule has 1 heterocycles. The highest BCUT2D eigenvalue weighted by atomic mass is 35.5. The van der Waals surface area contributed by atoms with Crippen molar-refractivity contribution in [2.45, 2.75) is 63.3 Å². The molecule has 0 radical (unpaired) electrons. The summed E-state index contributed by atoms with van der Waals surface area (Å²) in [5.41, 5.74) is 0.985. The molecule has 0 unspecified atom stereocenters. The second-order valence-corrected chi connectivity index (χ2v) is 8.26. The van der Waals surface area contributed by atoms with Gasteiger partial charge >= 0.3 is 0 Å². The molecule has 0 amide bonds. The Bertz CT molecular complexity index is 577. The molecule has 0 saturated heterocycles. The van der Waals surface area contributed by atoms with Crippen LogP contribution in [0.4, 0.5) is 0 Å². The van der Waals surface area contributed by atoms with Crippen LogP contribution in [0.1, 0.15) is 50.9 Å². The van der Waals surface area contributed by atoms with Gasteiger partial charge in [-0.2, -0.15) is 9.40 Å². The molecule has 1 aliphatic rings. The van der Waals surface area contributed by atoms with Crippen molar-refractivity contribution < 1.29 is 8.42 Å². The van der Waals surface area contributed by atoms with Gasteiger partial charge in [-0.15, -0.1) is 11.6 Å². The first-order valence-corrected chi connectivity index (χ1v) is 9.47. The Morgan fingerprint density at radius 2 is 2.00 bits per heavy atom. The van der Waals surface area contributed by atoms with E-state index in [4.69, 9.17) is 11.6 Å². The molecule has 2 rings (SSSR count). The summed E-state index contributed by atoms with van der Waals surface area (Å²) in [6.07, 6.45) is 4.08. The molecule has 0 spiro atoms. The monoisotopic (exact) mass is 333 g/mol. The Balaban J connectivity index is 2.43. The second kappa shape index (κ2) is 6.67. The van der Waals surface area contributed by atoms with E-state index in [0.29, 0.717) is 17.9 Å². The smallest absolute Gasteiger partial charge is 0.247 e. The Labute approximate surface area is 132 Å². The van der Waals surface area contributed by atoms with Gasteiger partial charge in [0.25, 0.3) is 0 Å². The van der Waals surface area contributed by atoms with Crippen LogP contribution in [0.2, 0.25) is 0 Å². The number of aromatic nitrogens is 2. The van der Waals surface area contributed by atoms with Gasteiger partial charge < -0.3 is 0 Å². The molecule has 5 nitrogen and oxygen atoms in total. The number of halogens is 1. The zero-order valence-electron chi connectivity index (χ0n) is 12.9. The minimum Gasteiger partial charge on any atom is -0.281 e. The molecule has 1 aromatic rings.